The number of benzene rings is 1. The van der Waals surface area contributed by atoms with E-state index >= 15 is 0 Å². The molecule has 0 bridgehead atoms. The Hall–Kier alpha value is -2.64. The molecule has 3 rings (SSSR count). The summed E-state index contributed by atoms with van der Waals surface area (Å²) in [6.45, 7) is 2.36. The van der Waals surface area contributed by atoms with Crippen LogP contribution in [0.2, 0.25) is 5.02 Å². The lowest BCUT2D eigenvalue weighted by Crippen LogP contribution is -2.25. The molecular weight excluding hydrogens is 398 g/mol. The lowest BCUT2D eigenvalue weighted by atomic mass is 10.1. The van der Waals surface area contributed by atoms with E-state index in [9.17, 15) is 9.59 Å². The van der Waals surface area contributed by atoms with E-state index in [0.29, 0.717) is 24.5 Å². The van der Waals surface area contributed by atoms with E-state index in [1.165, 1.54) is 17.6 Å². The summed E-state index contributed by atoms with van der Waals surface area (Å²) in [6.07, 6.45) is 4.68. The van der Waals surface area contributed by atoms with E-state index in [1.54, 1.807) is 18.3 Å². The highest BCUT2D eigenvalue weighted by Gasteiger charge is 2.11. The Kier molecular flexibility index (Phi) is 6.84. The molecule has 0 saturated heterocycles. The van der Waals surface area contributed by atoms with Crippen molar-refractivity contribution in [2.75, 3.05) is 11.9 Å². The second kappa shape index (κ2) is 9.52. The molecule has 0 aliphatic rings. The number of furan rings is 1. The predicted octanol–water partition coefficient (Wildman–Crippen LogP) is 4.44. The number of thiazole rings is 1. The van der Waals surface area contributed by atoms with E-state index in [2.05, 4.69) is 15.6 Å². The van der Waals surface area contributed by atoms with Gasteiger partial charge in [-0.3, -0.25) is 9.59 Å². The number of nitrogens with one attached hydrogen (secondary N) is 2. The third-order valence-electron chi connectivity index (χ3n) is 4.05. The van der Waals surface area contributed by atoms with Crippen LogP contribution in [0.5, 0.6) is 0 Å². The summed E-state index contributed by atoms with van der Waals surface area (Å²) in [7, 11) is 0. The fourth-order valence-corrected chi connectivity index (χ4v) is 3.65. The molecule has 0 radical (unpaired) electrons. The quantitative estimate of drug-likeness (QED) is 0.531. The summed E-state index contributed by atoms with van der Waals surface area (Å²) in [5.41, 5.74) is 2.08. The molecule has 1 aromatic carbocycles. The Morgan fingerprint density at radius 3 is 2.89 bits per heavy atom. The van der Waals surface area contributed by atoms with Crippen LogP contribution in [0.25, 0.3) is 0 Å². The van der Waals surface area contributed by atoms with E-state index < -0.39 is 0 Å². The molecule has 2 amide bonds. The van der Waals surface area contributed by atoms with E-state index in [1.807, 2.05) is 25.1 Å². The molecule has 0 aliphatic heterocycles. The largest absolute Gasteiger partial charge is 0.459 e. The molecule has 2 heterocycles. The van der Waals surface area contributed by atoms with Gasteiger partial charge in [0.15, 0.2) is 10.9 Å². The molecule has 0 atom stereocenters. The first-order chi connectivity index (χ1) is 13.5. The second-order valence-electron chi connectivity index (χ2n) is 6.24. The van der Waals surface area contributed by atoms with Gasteiger partial charge in [-0.1, -0.05) is 29.8 Å². The van der Waals surface area contributed by atoms with Crippen LogP contribution in [0, 0.1) is 6.92 Å². The van der Waals surface area contributed by atoms with Crippen LogP contribution < -0.4 is 10.6 Å². The molecule has 0 aliphatic carbocycles. The molecular formula is C20H20ClN3O3S. The number of rotatable bonds is 8. The Morgan fingerprint density at radius 1 is 1.25 bits per heavy atom. The van der Waals surface area contributed by atoms with Crippen LogP contribution in [0.15, 0.2) is 47.2 Å². The number of amides is 2. The zero-order chi connectivity index (χ0) is 19.9. The molecule has 2 N–H and O–H groups in total. The van der Waals surface area contributed by atoms with Crippen molar-refractivity contribution in [2.45, 2.75) is 26.2 Å². The van der Waals surface area contributed by atoms with Crippen molar-refractivity contribution in [3.63, 3.8) is 0 Å². The van der Waals surface area contributed by atoms with Crippen LogP contribution in [0.3, 0.4) is 0 Å². The van der Waals surface area contributed by atoms with Gasteiger partial charge in [-0.05, 0) is 36.6 Å². The molecule has 0 unspecified atom stereocenters. The standard InChI is InChI=1S/C20H20ClN3O3S/c1-13-5-2-6-14(18(13)21)11-15-12-23-20(28-15)24-17(25)8-3-9-22-19(26)16-7-4-10-27-16/h2,4-7,10,12H,3,8-9,11H2,1H3,(H,22,26)(H,23,24,25). The molecule has 0 spiro atoms. The van der Waals surface area contributed by atoms with E-state index in [0.717, 1.165) is 21.0 Å². The Bertz CT molecular complexity index is 954. The average Bonchev–Trinajstić information content (AvgIpc) is 3.35. The molecule has 0 fully saturated rings. The first kappa shape index (κ1) is 20.1. The topological polar surface area (TPSA) is 84.2 Å². The number of nitrogens with zero attached hydrogens (tertiary/aromatic N) is 1. The summed E-state index contributed by atoms with van der Waals surface area (Å²) in [6, 6.07) is 9.18. The molecule has 8 heteroatoms. The number of aryl methyl sites for hydroxylation is 1. The van der Waals surface area contributed by atoms with Crippen LogP contribution in [-0.2, 0) is 11.2 Å². The van der Waals surface area contributed by atoms with Crippen molar-refractivity contribution in [1.82, 2.24) is 10.3 Å². The van der Waals surface area contributed by atoms with Gasteiger partial charge in [0.1, 0.15) is 0 Å². The van der Waals surface area contributed by atoms with Gasteiger partial charge in [0.05, 0.1) is 6.26 Å². The van der Waals surface area contributed by atoms with Gasteiger partial charge in [-0.2, -0.15) is 0 Å². The zero-order valence-electron chi connectivity index (χ0n) is 15.3. The van der Waals surface area contributed by atoms with Crippen molar-refractivity contribution < 1.29 is 14.0 Å². The monoisotopic (exact) mass is 417 g/mol. The fraction of sp³-hybridized carbons (Fsp3) is 0.250. The third-order valence-corrected chi connectivity index (χ3v) is 5.50. The summed E-state index contributed by atoms with van der Waals surface area (Å²) < 4.78 is 5.00. The summed E-state index contributed by atoms with van der Waals surface area (Å²) in [4.78, 5) is 29.0. The van der Waals surface area contributed by atoms with Crippen LogP contribution in [0.1, 0.15) is 39.4 Å². The van der Waals surface area contributed by atoms with Gasteiger partial charge in [0, 0.05) is 35.5 Å². The van der Waals surface area contributed by atoms with Crippen molar-refractivity contribution in [2.24, 2.45) is 0 Å². The number of aromatic nitrogens is 1. The van der Waals surface area contributed by atoms with Crippen molar-refractivity contribution in [1.29, 1.82) is 0 Å². The Balaban J connectivity index is 1.42. The van der Waals surface area contributed by atoms with Gasteiger partial charge in [-0.15, -0.1) is 11.3 Å². The van der Waals surface area contributed by atoms with Gasteiger partial charge in [0.25, 0.3) is 5.91 Å². The normalized spacial score (nSPS) is 10.6. The molecule has 28 heavy (non-hydrogen) atoms. The van der Waals surface area contributed by atoms with Gasteiger partial charge < -0.3 is 15.1 Å². The predicted molar refractivity (Wildman–Crippen MR) is 110 cm³/mol. The molecule has 3 aromatic rings. The minimum atomic E-state index is -0.287. The number of carbonyl (C=O) groups excluding carboxylic acids is 2. The zero-order valence-corrected chi connectivity index (χ0v) is 16.9. The summed E-state index contributed by atoms with van der Waals surface area (Å²) >= 11 is 7.77. The van der Waals surface area contributed by atoms with Crippen LogP contribution in [0.4, 0.5) is 5.13 Å². The number of anilines is 1. The van der Waals surface area contributed by atoms with E-state index in [-0.39, 0.29) is 24.0 Å². The van der Waals surface area contributed by atoms with Crippen LogP contribution in [-0.4, -0.2) is 23.3 Å². The van der Waals surface area contributed by atoms with Gasteiger partial charge in [0.2, 0.25) is 5.91 Å². The summed E-state index contributed by atoms with van der Waals surface area (Å²) in [5.74, 6) is -0.167. The smallest absolute Gasteiger partial charge is 0.286 e. The lowest BCUT2D eigenvalue weighted by molar-refractivity contribution is -0.116. The summed E-state index contributed by atoms with van der Waals surface area (Å²) in [5, 5.41) is 6.82. The maximum atomic E-state index is 12.1. The molecule has 146 valence electrons. The second-order valence-corrected chi connectivity index (χ2v) is 7.73. The highest BCUT2D eigenvalue weighted by molar-refractivity contribution is 7.15. The van der Waals surface area contributed by atoms with E-state index in [4.69, 9.17) is 16.0 Å². The highest BCUT2D eigenvalue weighted by atomic mass is 35.5. The van der Waals surface area contributed by atoms with Crippen molar-refractivity contribution >= 4 is 39.9 Å². The average molecular weight is 418 g/mol. The number of hydrogen-bond donors (Lipinski definition) is 2. The molecule has 6 nitrogen and oxygen atoms in total. The van der Waals surface area contributed by atoms with Crippen molar-refractivity contribution in [3.05, 3.63) is 69.6 Å². The maximum Gasteiger partial charge on any atom is 0.286 e. The van der Waals surface area contributed by atoms with Gasteiger partial charge >= 0.3 is 0 Å². The van der Waals surface area contributed by atoms with Crippen molar-refractivity contribution in [3.8, 4) is 0 Å². The number of carbonyl (C=O) groups is 2. The first-order valence-electron chi connectivity index (χ1n) is 8.83. The number of halogens is 1. The Morgan fingerprint density at radius 2 is 2.11 bits per heavy atom. The highest BCUT2D eigenvalue weighted by Crippen LogP contribution is 2.26. The number of hydrogen-bond acceptors (Lipinski definition) is 5. The molecule has 0 saturated carbocycles. The Labute approximate surface area is 171 Å². The van der Waals surface area contributed by atoms with Gasteiger partial charge in [-0.25, -0.2) is 4.98 Å². The SMILES string of the molecule is Cc1cccc(Cc2cnc(NC(=O)CCCNC(=O)c3ccco3)s2)c1Cl. The fourth-order valence-electron chi connectivity index (χ4n) is 2.61. The minimum absolute atomic E-state index is 0.137. The third kappa shape index (κ3) is 5.43. The first-order valence-corrected chi connectivity index (χ1v) is 10.0. The van der Waals surface area contributed by atoms with Crippen LogP contribution >= 0.6 is 22.9 Å². The molecule has 2 aromatic heterocycles. The minimum Gasteiger partial charge on any atom is -0.459 e. The lowest BCUT2D eigenvalue weighted by Gasteiger charge is -2.05. The maximum absolute atomic E-state index is 12.1.